The maximum Gasteiger partial charge on any atom is 0.137 e. The van der Waals surface area contributed by atoms with Crippen LogP contribution in [0.2, 0.25) is 0 Å². The molecule has 0 aliphatic heterocycles. The maximum atomic E-state index is 8.86. The number of hydrogen-bond acceptors (Lipinski definition) is 2. The minimum absolute atomic E-state index is 0.463. The number of ether oxygens (including phenoxy) is 1. The highest BCUT2D eigenvalue weighted by molar-refractivity contribution is 9.10. The average Bonchev–Trinajstić information content (AvgIpc) is 2.15. The van der Waals surface area contributed by atoms with Gasteiger partial charge in [0, 0.05) is 4.47 Å². The summed E-state index contributed by atoms with van der Waals surface area (Å²) in [4.78, 5) is 0. The molecule has 1 aromatic rings. The number of benzene rings is 1. The quantitative estimate of drug-likeness (QED) is 0.828. The molecule has 0 heterocycles. The van der Waals surface area contributed by atoms with Crippen molar-refractivity contribution in [2.75, 3.05) is 6.61 Å². The van der Waals surface area contributed by atoms with Gasteiger partial charge in [-0.3, -0.25) is 0 Å². The van der Waals surface area contributed by atoms with Gasteiger partial charge in [-0.1, -0.05) is 29.8 Å². The van der Waals surface area contributed by atoms with Crippen molar-refractivity contribution in [3.63, 3.8) is 0 Å². The van der Waals surface area contributed by atoms with Gasteiger partial charge in [-0.25, -0.2) is 0 Å². The molecule has 1 rings (SSSR count). The average molecular weight is 254 g/mol. The van der Waals surface area contributed by atoms with Crippen LogP contribution in [0.5, 0.6) is 5.75 Å². The van der Waals surface area contributed by atoms with E-state index in [0.717, 1.165) is 4.47 Å². The predicted octanol–water partition coefficient (Wildman–Crippen LogP) is 3.36. The molecule has 0 amide bonds. The Morgan fingerprint density at radius 3 is 2.79 bits per heavy atom. The molecule has 0 aliphatic rings. The fraction of sp³-hybridized carbons (Fsp3) is 0.364. The molecule has 1 aromatic carbocycles. The molecule has 0 fully saturated rings. The van der Waals surface area contributed by atoms with Crippen LogP contribution in [0.25, 0.3) is 0 Å². The maximum absolute atomic E-state index is 8.86. The number of hydrogen-bond donors (Lipinski definition) is 0. The van der Waals surface area contributed by atoms with Crippen LogP contribution in [0.15, 0.2) is 22.7 Å². The molecule has 0 radical (unpaired) electrons. The van der Waals surface area contributed by atoms with Gasteiger partial charge < -0.3 is 4.74 Å². The van der Waals surface area contributed by atoms with E-state index < -0.39 is 0 Å². The second-order valence-electron chi connectivity index (χ2n) is 3.46. The summed E-state index contributed by atoms with van der Waals surface area (Å²) in [6.07, 6.45) is 0. The molecule has 0 saturated carbocycles. The van der Waals surface area contributed by atoms with Crippen molar-refractivity contribution < 1.29 is 4.74 Å². The molecule has 0 saturated heterocycles. The molecule has 0 aromatic heterocycles. The molecule has 0 bridgehead atoms. The molecule has 0 N–H and O–H groups in total. The van der Waals surface area contributed by atoms with Crippen molar-refractivity contribution in [3.8, 4) is 11.8 Å². The van der Waals surface area contributed by atoms with Crippen LogP contribution in [0.4, 0.5) is 0 Å². The van der Waals surface area contributed by atoms with Crippen LogP contribution in [0, 0.1) is 17.2 Å². The second-order valence-corrected chi connectivity index (χ2v) is 4.37. The summed E-state index contributed by atoms with van der Waals surface area (Å²) >= 11 is 3.31. The fourth-order valence-electron chi connectivity index (χ4n) is 0.972. The first kappa shape index (κ1) is 11.1. The van der Waals surface area contributed by atoms with Gasteiger partial charge in [0.25, 0.3) is 0 Å². The van der Waals surface area contributed by atoms with Crippen LogP contribution in [0.3, 0.4) is 0 Å². The fourth-order valence-corrected chi connectivity index (χ4v) is 1.33. The lowest BCUT2D eigenvalue weighted by Gasteiger charge is -2.09. The van der Waals surface area contributed by atoms with Crippen LogP contribution in [-0.4, -0.2) is 6.61 Å². The van der Waals surface area contributed by atoms with E-state index in [2.05, 4.69) is 35.8 Å². The van der Waals surface area contributed by atoms with Gasteiger partial charge in [0.05, 0.1) is 12.2 Å². The lowest BCUT2D eigenvalue weighted by Crippen LogP contribution is -2.05. The summed E-state index contributed by atoms with van der Waals surface area (Å²) in [5, 5.41) is 8.86. The van der Waals surface area contributed by atoms with Crippen LogP contribution in [-0.2, 0) is 0 Å². The molecule has 0 atom stereocenters. The first-order valence-corrected chi connectivity index (χ1v) is 5.25. The van der Waals surface area contributed by atoms with E-state index in [9.17, 15) is 0 Å². The topological polar surface area (TPSA) is 33.0 Å². The Morgan fingerprint density at radius 1 is 1.50 bits per heavy atom. The summed E-state index contributed by atoms with van der Waals surface area (Å²) in [6.45, 7) is 4.78. The lowest BCUT2D eigenvalue weighted by atomic mass is 10.2. The molecule has 0 aliphatic carbocycles. The minimum atomic E-state index is 0.463. The van der Waals surface area contributed by atoms with Gasteiger partial charge in [-0.2, -0.15) is 5.26 Å². The van der Waals surface area contributed by atoms with Crippen molar-refractivity contribution in [1.82, 2.24) is 0 Å². The van der Waals surface area contributed by atoms with Gasteiger partial charge >= 0.3 is 0 Å². The summed E-state index contributed by atoms with van der Waals surface area (Å²) in [5.74, 6) is 1.12. The first-order valence-electron chi connectivity index (χ1n) is 4.46. The van der Waals surface area contributed by atoms with Gasteiger partial charge in [0.2, 0.25) is 0 Å². The zero-order valence-corrected chi connectivity index (χ0v) is 9.84. The minimum Gasteiger partial charge on any atom is -0.492 e. The standard InChI is InChI=1S/C11H12BrNO/c1-8(2)7-14-11-4-3-10(12)5-9(11)6-13/h3-5,8H,7H2,1-2H3. The molecular formula is C11H12BrNO. The van der Waals surface area contributed by atoms with Crippen molar-refractivity contribution in [1.29, 1.82) is 5.26 Å². The smallest absolute Gasteiger partial charge is 0.137 e. The molecule has 0 unspecified atom stereocenters. The third-order valence-electron chi connectivity index (χ3n) is 1.63. The number of rotatable bonds is 3. The summed E-state index contributed by atoms with van der Waals surface area (Å²) < 4.78 is 6.40. The van der Waals surface area contributed by atoms with Gasteiger partial charge in [-0.05, 0) is 24.1 Å². The van der Waals surface area contributed by atoms with Crippen LogP contribution in [0.1, 0.15) is 19.4 Å². The second kappa shape index (κ2) is 5.02. The first-order chi connectivity index (χ1) is 6.63. The van der Waals surface area contributed by atoms with Gasteiger partial charge in [0.15, 0.2) is 0 Å². The van der Waals surface area contributed by atoms with E-state index in [4.69, 9.17) is 10.00 Å². The Morgan fingerprint density at radius 2 is 2.21 bits per heavy atom. The Kier molecular flexibility index (Phi) is 3.97. The van der Waals surface area contributed by atoms with E-state index in [1.807, 2.05) is 12.1 Å². The van der Waals surface area contributed by atoms with Gasteiger partial charge in [0.1, 0.15) is 11.8 Å². The summed E-state index contributed by atoms with van der Waals surface area (Å²) in [5.41, 5.74) is 0.569. The Bertz CT molecular complexity index is 355. The monoisotopic (exact) mass is 253 g/mol. The Labute approximate surface area is 92.6 Å². The molecule has 2 nitrogen and oxygen atoms in total. The third-order valence-corrected chi connectivity index (χ3v) is 2.13. The van der Waals surface area contributed by atoms with Gasteiger partial charge in [-0.15, -0.1) is 0 Å². The normalized spacial score (nSPS) is 9.93. The summed E-state index contributed by atoms with van der Waals surface area (Å²) in [6, 6.07) is 7.55. The van der Waals surface area contributed by atoms with Crippen molar-refractivity contribution in [2.24, 2.45) is 5.92 Å². The van der Waals surface area contributed by atoms with Crippen LogP contribution < -0.4 is 4.74 Å². The van der Waals surface area contributed by atoms with E-state index in [0.29, 0.717) is 23.8 Å². The zero-order chi connectivity index (χ0) is 10.6. The Balaban J connectivity index is 2.82. The highest BCUT2D eigenvalue weighted by Crippen LogP contribution is 2.22. The van der Waals surface area contributed by atoms with Crippen molar-refractivity contribution in [2.45, 2.75) is 13.8 Å². The predicted molar refractivity (Wildman–Crippen MR) is 59.2 cm³/mol. The van der Waals surface area contributed by atoms with Crippen LogP contribution >= 0.6 is 15.9 Å². The molecule has 74 valence electrons. The van der Waals surface area contributed by atoms with E-state index >= 15 is 0 Å². The van der Waals surface area contributed by atoms with E-state index in [1.54, 1.807) is 6.07 Å². The molecule has 0 spiro atoms. The highest BCUT2D eigenvalue weighted by atomic mass is 79.9. The summed E-state index contributed by atoms with van der Waals surface area (Å²) in [7, 11) is 0. The van der Waals surface area contributed by atoms with E-state index in [-0.39, 0.29) is 0 Å². The lowest BCUT2D eigenvalue weighted by molar-refractivity contribution is 0.270. The molecule has 3 heteroatoms. The zero-order valence-electron chi connectivity index (χ0n) is 8.25. The van der Waals surface area contributed by atoms with Crippen molar-refractivity contribution >= 4 is 15.9 Å². The molecular weight excluding hydrogens is 242 g/mol. The Hall–Kier alpha value is -1.01. The SMILES string of the molecule is CC(C)COc1ccc(Br)cc1C#N. The molecule has 14 heavy (non-hydrogen) atoms. The largest absolute Gasteiger partial charge is 0.492 e. The third kappa shape index (κ3) is 3.04. The number of nitrogens with zero attached hydrogens (tertiary/aromatic N) is 1. The number of nitriles is 1. The highest BCUT2D eigenvalue weighted by Gasteiger charge is 2.04. The van der Waals surface area contributed by atoms with E-state index in [1.165, 1.54) is 0 Å². The van der Waals surface area contributed by atoms with Crippen molar-refractivity contribution in [3.05, 3.63) is 28.2 Å². The number of halogens is 1.